The molecule has 0 aliphatic carbocycles. The second kappa shape index (κ2) is 4.53. The second-order valence-corrected chi connectivity index (χ2v) is 3.95. The van der Waals surface area contributed by atoms with Crippen LogP contribution < -0.4 is 5.69 Å². The summed E-state index contributed by atoms with van der Waals surface area (Å²) >= 11 is 0. The van der Waals surface area contributed by atoms with Crippen LogP contribution in [0.25, 0.3) is 11.0 Å². The molecule has 0 aliphatic heterocycles. The summed E-state index contributed by atoms with van der Waals surface area (Å²) in [5.41, 5.74) is 1.89. The van der Waals surface area contributed by atoms with Gasteiger partial charge in [-0.2, -0.15) is 0 Å². The van der Waals surface area contributed by atoms with Crippen molar-refractivity contribution in [3.8, 4) is 0 Å². The smallest absolute Gasteiger partial charge is 0.306 e. The van der Waals surface area contributed by atoms with E-state index in [-0.39, 0.29) is 18.1 Å². The summed E-state index contributed by atoms with van der Waals surface area (Å²) in [6.07, 6.45) is 0. The molecule has 0 saturated carbocycles. The van der Waals surface area contributed by atoms with Gasteiger partial charge in [0.05, 0.1) is 11.0 Å². The van der Waals surface area contributed by atoms with E-state index in [1.54, 1.807) is 4.57 Å². The van der Waals surface area contributed by atoms with E-state index >= 15 is 0 Å². The highest BCUT2D eigenvalue weighted by Crippen LogP contribution is 2.10. The molecular weight excluding hydrogens is 212 g/mol. The van der Waals surface area contributed by atoms with Crippen LogP contribution in [0.1, 0.15) is 13.8 Å². The summed E-state index contributed by atoms with van der Waals surface area (Å²) in [6.45, 7) is 4.98. The summed E-state index contributed by atoms with van der Waals surface area (Å²) < 4.78 is 1.79. The Kier molecular flexibility index (Phi) is 3.58. The van der Waals surface area contributed by atoms with E-state index in [1.807, 2.05) is 24.3 Å². The number of benzene rings is 1. The summed E-state index contributed by atoms with van der Waals surface area (Å²) in [6, 6.07) is 7.77. The van der Waals surface area contributed by atoms with Crippen molar-refractivity contribution in [1.82, 2.24) is 9.55 Å². The number of imidazole rings is 1. The number of aromatic amines is 1. The molecule has 1 heterocycles. The van der Waals surface area contributed by atoms with Crippen LogP contribution in [0.15, 0.2) is 29.1 Å². The van der Waals surface area contributed by atoms with Gasteiger partial charge in [0.1, 0.15) is 0 Å². The molecule has 0 amide bonds. The van der Waals surface area contributed by atoms with Crippen LogP contribution in [0, 0.1) is 5.92 Å². The molecule has 82 valence electrons. The Hall–Kier alpha value is -1.22. The van der Waals surface area contributed by atoms with Crippen LogP contribution in [0.4, 0.5) is 0 Å². The summed E-state index contributed by atoms with van der Waals surface area (Å²) in [5.74, 6) is 0.479. The molecule has 0 aliphatic rings. The number of hydrogen-bond acceptors (Lipinski definition) is 1. The van der Waals surface area contributed by atoms with Gasteiger partial charge < -0.3 is 4.98 Å². The molecule has 0 spiro atoms. The minimum Gasteiger partial charge on any atom is -0.306 e. The van der Waals surface area contributed by atoms with Crippen molar-refractivity contribution < 1.29 is 0 Å². The average molecular weight is 227 g/mol. The molecular formula is C11H15ClN2O. The van der Waals surface area contributed by atoms with E-state index in [4.69, 9.17) is 0 Å². The predicted octanol–water partition coefficient (Wildman–Crippen LogP) is 2.41. The number of fused-ring (bicyclic) bond motifs is 1. The number of hydrogen-bond donors (Lipinski definition) is 1. The van der Waals surface area contributed by atoms with Crippen LogP contribution >= 0.6 is 12.4 Å². The van der Waals surface area contributed by atoms with Crippen molar-refractivity contribution in [1.29, 1.82) is 0 Å². The van der Waals surface area contributed by atoms with Gasteiger partial charge in [0.2, 0.25) is 0 Å². The van der Waals surface area contributed by atoms with Gasteiger partial charge >= 0.3 is 5.69 Å². The topological polar surface area (TPSA) is 37.8 Å². The molecule has 15 heavy (non-hydrogen) atoms. The largest absolute Gasteiger partial charge is 0.326 e. The molecule has 2 aromatic rings. The van der Waals surface area contributed by atoms with Gasteiger partial charge in [-0.05, 0) is 18.1 Å². The lowest BCUT2D eigenvalue weighted by atomic mass is 10.2. The maximum Gasteiger partial charge on any atom is 0.326 e. The first-order valence-electron chi connectivity index (χ1n) is 4.86. The SMILES string of the molecule is CC(C)Cn1c(=O)[nH]c2ccccc21.Cl. The monoisotopic (exact) mass is 226 g/mol. The highest BCUT2D eigenvalue weighted by molar-refractivity contribution is 5.85. The van der Waals surface area contributed by atoms with Gasteiger partial charge in [0.15, 0.2) is 0 Å². The molecule has 0 unspecified atom stereocenters. The average Bonchev–Trinajstić information content (AvgIpc) is 2.43. The normalized spacial score (nSPS) is 10.6. The summed E-state index contributed by atoms with van der Waals surface area (Å²) in [4.78, 5) is 14.4. The highest BCUT2D eigenvalue weighted by atomic mass is 35.5. The van der Waals surface area contributed by atoms with Crippen LogP contribution in [0.2, 0.25) is 0 Å². The number of H-pyrrole nitrogens is 1. The Bertz CT molecular complexity index is 499. The van der Waals surface area contributed by atoms with Gasteiger partial charge in [-0.3, -0.25) is 4.57 Å². The first kappa shape index (κ1) is 11.9. The maximum absolute atomic E-state index is 11.6. The molecule has 0 radical (unpaired) electrons. The minimum absolute atomic E-state index is 0. The van der Waals surface area contributed by atoms with Crippen molar-refractivity contribution in [2.24, 2.45) is 5.92 Å². The minimum atomic E-state index is -0.0140. The van der Waals surface area contributed by atoms with Crippen LogP contribution in [-0.4, -0.2) is 9.55 Å². The lowest BCUT2D eigenvalue weighted by Gasteiger charge is -2.05. The predicted molar refractivity (Wildman–Crippen MR) is 64.6 cm³/mol. The van der Waals surface area contributed by atoms with Crippen LogP contribution in [-0.2, 0) is 6.54 Å². The highest BCUT2D eigenvalue weighted by Gasteiger charge is 2.06. The van der Waals surface area contributed by atoms with Gasteiger partial charge in [-0.15, -0.1) is 12.4 Å². The summed E-state index contributed by atoms with van der Waals surface area (Å²) in [5, 5.41) is 0. The molecule has 0 atom stereocenters. The fourth-order valence-electron chi connectivity index (χ4n) is 1.65. The van der Waals surface area contributed by atoms with E-state index < -0.39 is 0 Å². The third-order valence-electron chi connectivity index (χ3n) is 2.23. The molecule has 4 heteroatoms. The lowest BCUT2D eigenvalue weighted by molar-refractivity contribution is 0.522. The number of aromatic nitrogens is 2. The van der Waals surface area contributed by atoms with Gasteiger partial charge in [0, 0.05) is 6.54 Å². The number of para-hydroxylation sites is 2. The van der Waals surface area contributed by atoms with Crippen molar-refractivity contribution in [3.05, 3.63) is 34.7 Å². The number of halogens is 1. The molecule has 2 rings (SSSR count). The molecule has 1 aromatic carbocycles. The van der Waals surface area contributed by atoms with E-state index in [9.17, 15) is 4.79 Å². The van der Waals surface area contributed by atoms with Gasteiger partial charge in [-0.1, -0.05) is 26.0 Å². The van der Waals surface area contributed by atoms with E-state index in [0.29, 0.717) is 5.92 Å². The number of nitrogens with zero attached hydrogens (tertiary/aromatic N) is 1. The third kappa shape index (κ3) is 2.23. The molecule has 1 aromatic heterocycles. The Morgan fingerprint density at radius 3 is 2.67 bits per heavy atom. The Balaban J connectivity index is 0.00000112. The zero-order valence-electron chi connectivity index (χ0n) is 8.86. The van der Waals surface area contributed by atoms with Crippen LogP contribution in [0.3, 0.4) is 0 Å². The van der Waals surface area contributed by atoms with E-state index in [0.717, 1.165) is 17.6 Å². The zero-order valence-corrected chi connectivity index (χ0v) is 9.67. The van der Waals surface area contributed by atoms with Crippen molar-refractivity contribution in [3.63, 3.8) is 0 Å². The molecule has 3 nitrogen and oxygen atoms in total. The zero-order chi connectivity index (χ0) is 10.1. The molecule has 1 N–H and O–H groups in total. The van der Waals surface area contributed by atoms with Crippen molar-refractivity contribution in [2.45, 2.75) is 20.4 Å². The Labute approximate surface area is 94.5 Å². The van der Waals surface area contributed by atoms with E-state index in [2.05, 4.69) is 18.8 Å². The van der Waals surface area contributed by atoms with Crippen molar-refractivity contribution in [2.75, 3.05) is 0 Å². The van der Waals surface area contributed by atoms with Crippen molar-refractivity contribution >= 4 is 23.4 Å². The standard InChI is InChI=1S/C11H14N2O.ClH/c1-8(2)7-13-10-6-4-3-5-9(10)12-11(13)14;/h3-6,8H,7H2,1-2H3,(H,12,14);1H. The van der Waals surface area contributed by atoms with Gasteiger partial charge in [-0.25, -0.2) is 4.79 Å². The molecule has 0 bridgehead atoms. The number of nitrogens with one attached hydrogen (secondary N) is 1. The fourth-order valence-corrected chi connectivity index (χ4v) is 1.65. The summed E-state index contributed by atoms with van der Waals surface area (Å²) in [7, 11) is 0. The molecule has 0 fully saturated rings. The molecule has 0 saturated heterocycles. The van der Waals surface area contributed by atoms with Crippen LogP contribution in [0.5, 0.6) is 0 Å². The third-order valence-corrected chi connectivity index (χ3v) is 2.23. The first-order chi connectivity index (χ1) is 6.68. The van der Waals surface area contributed by atoms with E-state index in [1.165, 1.54) is 0 Å². The Morgan fingerprint density at radius 1 is 1.33 bits per heavy atom. The first-order valence-corrected chi connectivity index (χ1v) is 4.86. The second-order valence-electron chi connectivity index (χ2n) is 3.95. The lowest BCUT2D eigenvalue weighted by Crippen LogP contribution is -2.19. The quantitative estimate of drug-likeness (QED) is 0.839. The maximum atomic E-state index is 11.6. The van der Waals surface area contributed by atoms with Gasteiger partial charge in [0.25, 0.3) is 0 Å². The fraction of sp³-hybridized carbons (Fsp3) is 0.364. The number of rotatable bonds is 2. The Morgan fingerprint density at radius 2 is 2.00 bits per heavy atom.